The molecular weight excluding hydrogens is 226 g/mol. The number of hydrogen-bond donors (Lipinski definition) is 1. The Bertz CT molecular complexity index is 425. The van der Waals surface area contributed by atoms with Gasteiger partial charge in [0, 0.05) is 18.0 Å². The minimum atomic E-state index is 0.225. The zero-order valence-electron chi connectivity index (χ0n) is 11.4. The predicted octanol–water partition coefficient (Wildman–Crippen LogP) is 2.64. The van der Waals surface area contributed by atoms with E-state index in [4.69, 9.17) is 4.74 Å². The van der Waals surface area contributed by atoms with E-state index in [0.29, 0.717) is 12.5 Å². The topological polar surface area (TPSA) is 38.3 Å². The summed E-state index contributed by atoms with van der Waals surface area (Å²) in [7, 11) is 1.67. The Morgan fingerprint density at radius 1 is 1.39 bits per heavy atom. The zero-order chi connectivity index (χ0) is 13.1. The highest BCUT2D eigenvalue weighted by Crippen LogP contribution is 2.25. The number of carbonyl (C=O) groups is 1. The van der Waals surface area contributed by atoms with Crippen molar-refractivity contribution in [1.29, 1.82) is 0 Å². The summed E-state index contributed by atoms with van der Waals surface area (Å²) in [6, 6.07) is 4.23. The molecule has 3 nitrogen and oxygen atoms in total. The van der Waals surface area contributed by atoms with E-state index < -0.39 is 0 Å². The van der Waals surface area contributed by atoms with Gasteiger partial charge in [0.25, 0.3) is 0 Å². The van der Waals surface area contributed by atoms with Crippen LogP contribution in [0.3, 0.4) is 0 Å². The van der Waals surface area contributed by atoms with E-state index in [0.717, 1.165) is 35.4 Å². The maximum atomic E-state index is 12.2. The van der Waals surface area contributed by atoms with Crippen molar-refractivity contribution >= 4 is 5.78 Å². The van der Waals surface area contributed by atoms with Crippen molar-refractivity contribution in [1.82, 2.24) is 5.32 Å². The van der Waals surface area contributed by atoms with Crippen LogP contribution in [-0.2, 0) is 0 Å². The summed E-state index contributed by atoms with van der Waals surface area (Å²) in [5.74, 6) is 1.11. The molecule has 0 amide bonds. The monoisotopic (exact) mass is 247 g/mol. The van der Waals surface area contributed by atoms with Crippen molar-refractivity contribution in [3.63, 3.8) is 0 Å². The second-order valence-corrected chi connectivity index (χ2v) is 5.06. The van der Waals surface area contributed by atoms with Crippen LogP contribution in [0.1, 0.15) is 40.7 Å². The molecular formula is C15H21NO2. The molecule has 1 atom stereocenters. The van der Waals surface area contributed by atoms with Crippen molar-refractivity contribution in [2.45, 2.75) is 39.2 Å². The Morgan fingerprint density at radius 3 is 2.56 bits per heavy atom. The molecule has 1 fully saturated rings. The van der Waals surface area contributed by atoms with Gasteiger partial charge in [-0.15, -0.1) is 0 Å². The van der Waals surface area contributed by atoms with Gasteiger partial charge in [0.2, 0.25) is 0 Å². The number of hydrogen-bond acceptors (Lipinski definition) is 3. The highest BCUT2D eigenvalue weighted by molar-refractivity contribution is 5.97. The van der Waals surface area contributed by atoms with E-state index in [2.05, 4.69) is 5.32 Å². The first kappa shape index (κ1) is 13.1. The SMILES string of the molecule is COc1c(C)cc(C(=O)CC2CCCN2)cc1C. The lowest BCUT2D eigenvalue weighted by molar-refractivity contribution is 0.0971. The van der Waals surface area contributed by atoms with Gasteiger partial charge in [-0.1, -0.05) is 0 Å². The summed E-state index contributed by atoms with van der Waals surface area (Å²) in [6.45, 7) is 5.01. The molecule has 0 bridgehead atoms. The average Bonchev–Trinajstić information content (AvgIpc) is 2.81. The first-order chi connectivity index (χ1) is 8.61. The molecule has 2 rings (SSSR count). The summed E-state index contributed by atoms with van der Waals surface area (Å²) in [4.78, 5) is 12.2. The maximum Gasteiger partial charge on any atom is 0.164 e. The Morgan fingerprint density at radius 2 is 2.06 bits per heavy atom. The van der Waals surface area contributed by atoms with E-state index >= 15 is 0 Å². The van der Waals surface area contributed by atoms with Crippen LogP contribution < -0.4 is 10.1 Å². The van der Waals surface area contributed by atoms with Crippen molar-refractivity contribution < 1.29 is 9.53 Å². The summed E-state index contributed by atoms with van der Waals surface area (Å²) >= 11 is 0. The van der Waals surface area contributed by atoms with Gasteiger partial charge in [-0.05, 0) is 56.5 Å². The van der Waals surface area contributed by atoms with Gasteiger partial charge in [-0.25, -0.2) is 0 Å². The second kappa shape index (κ2) is 5.53. The highest BCUT2D eigenvalue weighted by Gasteiger charge is 2.19. The minimum Gasteiger partial charge on any atom is -0.496 e. The molecule has 98 valence electrons. The lowest BCUT2D eigenvalue weighted by Crippen LogP contribution is -2.24. The van der Waals surface area contributed by atoms with Crippen LogP contribution in [0.4, 0.5) is 0 Å². The number of aryl methyl sites for hydroxylation is 2. The van der Waals surface area contributed by atoms with Gasteiger partial charge in [-0.3, -0.25) is 4.79 Å². The van der Waals surface area contributed by atoms with Crippen LogP contribution >= 0.6 is 0 Å². The number of Topliss-reactive ketones (excluding diaryl/α,β-unsaturated/α-hetero) is 1. The minimum absolute atomic E-state index is 0.225. The molecule has 1 aromatic rings. The van der Waals surface area contributed by atoms with Crippen LogP contribution in [0.15, 0.2) is 12.1 Å². The molecule has 1 aliphatic heterocycles. The molecule has 3 heteroatoms. The zero-order valence-corrected chi connectivity index (χ0v) is 11.4. The quantitative estimate of drug-likeness (QED) is 0.831. The maximum absolute atomic E-state index is 12.2. The Kier molecular flexibility index (Phi) is 4.02. The molecule has 1 saturated heterocycles. The lowest BCUT2D eigenvalue weighted by atomic mass is 9.98. The first-order valence-electron chi connectivity index (χ1n) is 6.53. The van der Waals surface area contributed by atoms with Crippen molar-refractivity contribution in [2.24, 2.45) is 0 Å². The van der Waals surface area contributed by atoms with Gasteiger partial charge >= 0.3 is 0 Å². The number of benzene rings is 1. The van der Waals surface area contributed by atoms with Crippen LogP contribution in [0.5, 0.6) is 5.75 Å². The van der Waals surface area contributed by atoms with Gasteiger partial charge in [-0.2, -0.15) is 0 Å². The Labute approximate surface area is 109 Å². The fraction of sp³-hybridized carbons (Fsp3) is 0.533. The van der Waals surface area contributed by atoms with Gasteiger partial charge < -0.3 is 10.1 Å². The standard InChI is InChI=1S/C15H21NO2/c1-10-7-12(8-11(2)15(10)18-3)14(17)9-13-5-4-6-16-13/h7-8,13,16H,4-6,9H2,1-3H3. The number of carbonyl (C=O) groups excluding carboxylic acids is 1. The largest absolute Gasteiger partial charge is 0.496 e. The van der Waals surface area contributed by atoms with Crippen LogP contribution in [0.25, 0.3) is 0 Å². The van der Waals surface area contributed by atoms with E-state index in [-0.39, 0.29) is 5.78 Å². The molecule has 0 aliphatic carbocycles. The molecule has 0 saturated carbocycles. The first-order valence-corrected chi connectivity index (χ1v) is 6.53. The molecule has 1 aliphatic rings. The molecule has 1 unspecified atom stereocenters. The van der Waals surface area contributed by atoms with Crippen LogP contribution in [-0.4, -0.2) is 25.5 Å². The summed E-state index contributed by atoms with van der Waals surface area (Å²) in [5.41, 5.74) is 2.86. The number of rotatable bonds is 4. The van der Waals surface area contributed by atoms with Crippen LogP contribution in [0.2, 0.25) is 0 Å². The lowest BCUT2D eigenvalue weighted by Gasteiger charge is -2.13. The summed E-state index contributed by atoms with van der Waals surface area (Å²) in [6.07, 6.45) is 2.89. The molecule has 1 heterocycles. The molecule has 1 N–H and O–H groups in total. The van der Waals surface area contributed by atoms with E-state index in [9.17, 15) is 4.79 Å². The summed E-state index contributed by atoms with van der Waals surface area (Å²) in [5, 5.41) is 3.36. The fourth-order valence-electron chi connectivity index (χ4n) is 2.71. The Hall–Kier alpha value is -1.35. The molecule has 0 radical (unpaired) electrons. The molecule has 0 spiro atoms. The third kappa shape index (κ3) is 2.72. The number of ether oxygens (including phenoxy) is 1. The van der Waals surface area contributed by atoms with Crippen LogP contribution in [0, 0.1) is 13.8 Å². The Balaban J connectivity index is 2.15. The molecule has 1 aromatic carbocycles. The van der Waals surface area contributed by atoms with E-state index in [1.54, 1.807) is 7.11 Å². The van der Waals surface area contributed by atoms with Crippen molar-refractivity contribution in [2.75, 3.05) is 13.7 Å². The van der Waals surface area contributed by atoms with E-state index in [1.807, 2.05) is 26.0 Å². The number of methoxy groups -OCH3 is 1. The van der Waals surface area contributed by atoms with E-state index in [1.165, 1.54) is 6.42 Å². The normalized spacial score (nSPS) is 18.9. The van der Waals surface area contributed by atoms with Crippen molar-refractivity contribution in [3.05, 3.63) is 28.8 Å². The second-order valence-electron chi connectivity index (χ2n) is 5.06. The van der Waals surface area contributed by atoms with Crippen molar-refractivity contribution in [3.8, 4) is 5.75 Å². The average molecular weight is 247 g/mol. The molecule has 0 aromatic heterocycles. The van der Waals surface area contributed by atoms with Gasteiger partial charge in [0.05, 0.1) is 7.11 Å². The third-order valence-corrected chi connectivity index (χ3v) is 3.58. The number of nitrogens with one attached hydrogen (secondary N) is 1. The predicted molar refractivity (Wildman–Crippen MR) is 72.4 cm³/mol. The fourth-order valence-corrected chi connectivity index (χ4v) is 2.71. The summed E-state index contributed by atoms with van der Waals surface area (Å²) < 4.78 is 5.32. The number of ketones is 1. The van der Waals surface area contributed by atoms with Gasteiger partial charge in [0.15, 0.2) is 5.78 Å². The molecule has 18 heavy (non-hydrogen) atoms. The smallest absolute Gasteiger partial charge is 0.164 e. The highest BCUT2D eigenvalue weighted by atomic mass is 16.5. The van der Waals surface area contributed by atoms with Gasteiger partial charge in [0.1, 0.15) is 5.75 Å². The third-order valence-electron chi connectivity index (χ3n) is 3.58.